The number of carbonyl (C=O) groups excluding carboxylic acids is 1. The molecule has 0 saturated heterocycles. The number of benzene rings is 2. The van der Waals surface area contributed by atoms with E-state index in [1.807, 2.05) is 72.2 Å². The van der Waals surface area contributed by atoms with Gasteiger partial charge in [0.2, 0.25) is 0 Å². The molecule has 0 aliphatic rings. The summed E-state index contributed by atoms with van der Waals surface area (Å²) in [7, 11) is 0. The van der Waals surface area contributed by atoms with E-state index in [1.54, 1.807) is 24.5 Å². The third-order valence-electron chi connectivity index (χ3n) is 4.44. The molecule has 0 saturated carbocycles. The predicted octanol–water partition coefficient (Wildman–Crippen LogP) is 4.74. The molecule has 160 valence electrons. The van der Waals surface area contributed by atoms with Crippen LogP contribution in [-0.4, -0.2) is 32.6 Å². The zero-order valence-electron chi connectivity index (χ0n) is 17.4. The molecule has 0 unspecified atom stereocenters. The van der Waals surface area contributed by atoms with Gasteiger partial charge in [-0.25, -0.2) is 5.43 Å². The molecule has 2 aromatic carbocycles. The van der Waals surface area contributed by atoms with Gasteiger partial charge in [-0.15, -0.1) is 10.2 Å². The number of thioether (sulfide) groups is 1. The standard InChI is InChI=1S/C24H21N5O2S/c1-18-11-13-20(14-12-18)29-23(19-7-3-2-4-8-19)27-28-24(29)32-17-22(30)26-25-15-5-9-21-10-6-16-31-21/h2-16H,17H2,1H3,(H,26,30). The van der Waals surface area contributed by atoms with Crippen LogP contribution in [0, 0.1) is 6.92 Å². The van der Waals surface area contributed by atoms with E-state index in [0.717, 1.165) is 22.6 Å². The lowest BCUT2D eigenvalue weighted by Crippen LogP contribution is -2.19. The van der Waals surface area contributed by atoms with Crippen LogP contribution in [0.4, 0.5) is 0 Å². The van der Waals surface area contributed by atoms with Gasteiger partial charge in [-0.2, -0.15) is 5.10 Å². The van der Waals surface area contributed by atoms with Crippen molar-refractivity contribution in [1.29, 1.82) is 0 Å². The zero-order chi connectivity index (χ0) is 22.2. The van der Waals surface area contributed by atoms with Gasteiger partial charge in [0.1, 0.15) is 5.76 Å². The third kappa shape index (κ3) is 5.41. The summed E-state index contributed by atoms with van der Waals surface area (Å²) in [6.07, 6.45) is 6.52. The number of aryl methyl sites for hydroxylation is 1. The van der Waals surface area contributed by atoms with Crippen molar-refractivity contribution in [3.8, 4) is 17.1 Å². The van der Waals surface area contributed by atoms with Gasteiger partial charge in [0.15, 0.2) is 11.0 Å². The van der Waals surface area contributed by atoms with Crippen LogP contribution in [0.3, 0.4) is 0 Å². The van der Waals surface area contributed by atoms with Crippen molar-refractivity contribution in [2.24, 2.45) is 5.10 Å². The molecule has 0 bridgehead atoms. The van der Waals surface area contributed by atoms with Crippen LogP contribution in [0.15, 0.2) is 93.7 Å². The lowest BCUT2D eigenvalue weighted by atomic mass is 10.2. The van der Waals surface area contributed by atoms with Gasteiger partial charge in [-0.3, -0.25) is 9.36 Å². The van der Waals surface area contributed by atoms with E-state index in [0.29, 0.717) is 10.9 Å². The number of nitrogens with one attached hydrogen (secondary N) is 1. The molecule has 1 N–H and O–H groups in total. The molecule has 7 nitrogen and oxygen atoms in total. The number of furan rings is 1. The van der Waals surface area contributed by atoms with Crippen molar-refractivity contribution in [3.05, 3.63) is 90.4 Å². The summed E-state index contributed by atoms with van der Waals surface area (Å²) in [4.78, 5) is 12.2. The largest absolute Gasteiger partial charge is 0.465 e. The molecular weight excluding hydrogens is 422 g/mol. The topological polar surface area (TPSA) is 85.3 Å². The summed E-state index contributed by atoms with van der Waals surface area (Å²) in [6, 6.07) is 21.6. The minimum atomic E-state index is -0.239. The average Bonchev–Trinajstić information content (AvgIpc) is 3.49. The molecule has 0 fully saturated rings. The smallest absolute Gasteiger partial charge is 0.250 e. The Bertz CT molecular complexity index is 1210. The Morgan fingerprint density at radius 1 is 1.09 bits per heavy atom. The number of hydrogen-bond donors (Lipinski definition) is 1. The van der Waals surface area contributed by atoms with Gasteiger partial charge in [-0.1, -0.05) is 59.8 Å². The van der Waals surface area contributed by atoms with Crippen LogP contribution >= 0.6 is 11.8 Å². The van der Waals surface area contributed by atoms with Crippen molar-refractivity contribution in [1.82, 2.24) is 20.2 Å². The highest BCUT2D eigenvalue weighted by Crippen LogP contribution is 2.28. The van der Waals surface area contributed by atoms with E-state index in [2.05, 4.69) is 20.7 Å². The lowest BCUT2D eigenvalue weighted by Gasteiger charge is -2.10. The Balaban J connectivity index is 1.45. The fourth-order valence-corrected chi connectivity index (χ4v) is 3.65. The van der Waals surface area contributed by atoms with E-state index < -0.39 is 0 Å². The van der Waals surface area contributed by atoms with Crippen LogP contribution in [-0.2, 0) is 4.79 Å². The first kappa shape index (κ1) is 21.3. The maximum atomic E-state index is 12.2. The maximum absolute atomic E-state index is 12.2. The van der Waals surface area contributed by atoms with Gasteiger partial charge in [0, 0.05) is 17.5 Å². The summed E-state index contributed by atoms with van der Waals surface area (Å²) in [5.41, 5.74) is 5.55. The fourth-order valence-electron chi connectivity index (χ4n) is 2.90. The normalized spacial score (nSPS) is 11.4. The lowest BCUT2D eigenvalue weighted by molar-refractivity contribution is -0.118. The summed E-state index contributed by atoms with van der Waals surface area (Å²) in [5, 5.41) is 13.3. The van der Waals surface area contributed by atoms with E-state index >= 15 is 0 Å². The monoisotopic (exact) mass is 443 g/mol. The molecule has 0 atom stereocenters. The number of rotatable bonds is 8. The second kappa shape index (κ2) is 10.4. The quantitative estimate of drug-likeness (QED) is 0.241. The summed E-state index contributed by atoms with van der Waals surface area (Å²) >= 11 is 1.30. The van der Waals surface area contributed by atoms with Crippen molar-refractivity contribution >= 4 is 30.0 Å². The Hall–Kier alpha value is -3.91. The van der Waals surface area contributed by atoms with Crippen LogP contribution in [0.2, 0.25) is 0 Å². The highest BCUT2D eigenvalue weighted by Gasteiger charge is 2.17. The number of allylic oxidation sites excluding steroid dienone is 1. The molecule has 0 radical (unpaired) electrons. The van der Waals surface area contributed by atoms with E-state index in [4.69, 9.17) is 4.42 Å². The number of amides is 1. The molecular formula is C24H21N5O2S. The molecule has 0 spiro atoms. The van der Waals surface area contributed by atoms with Crippen LogP contribution in [0.5, 0.6) is 0 Å². The molecule has 2 aromatic heterocycles. The predicted molar refractivity (Wildman–Crippen MR) is 127 cm³/mol. The summed E-state index contributed by atoms with van der Waals surface area (Å²) < 4.78 is 7.14. The van der Waals surface area contributed by atoms with Gasteiger partial charge < -0.3 is 4.42 Å². The number of hydrazone groups is 1. The molecule has 4 rings (SSSR count). The minimum Gasteiger partial charge on any atom is -0.465 e. The van der Waals surface area contributed by atoms with E-state index in [9.17, 15) is 4.79 Å². The molecule has 4 aromatic rings. The van der Waals surface area contributed by atoms with E-state index in [1.165, 1.54) is 18.0 Å². The van der Waals surface area contributed by atoms with Gasteiger partial charge in [-0.05, 0) is 43.3 Å². The highest BCUT2D eigenvalue weighted by molar-refractivity contribution is 7.99. The number of nitrogens with zero attached hydrogens (tertiary/aromatic N) is 4. The molecule has 1 amide bonds. The van der Waals surface area contributed by atoms with Crippen LogP contribution < -0.4 is 5.43 Å². The average molecular weight is 444 g/mol. The molecule has 2 heterocycles. The van der Waals surface area contributed by atoms with Crippen LogP contribution in [0.25, 0.3) is 23.2 Å². The summed E-state index contributed by atoms with van der Waals surface area (Å²) in [6.45, 7) is 2.04. The zero-order valence-corrected chi connectivity index (χ0v) is 18.2. The number of hydrogen-bond acceptors (Lipinski definition) is 6. The van der Waals surface area contributed by atoms with Gasteiger partial charge >= 0.3 is 0 Å². The van der Waals surface area contributed by atoms with Crippen molar-refractivity contribution in [2.45, 2.75) is 12.1 Å². The Kier molecular flexibility index (Phi) is 6.94. The molecule has 8 heteroatoms. The van der Waals surface area contributed by atoms with E-state index in [-0.39, 0.29) is 11.7 Å². The van der Waals surface area contributed by atoms with Crippen molar-refractivity contribution in [2.75, 3.05) is 5.75 Å². The van der Waals surface area contributed by atoms with Gasteiger partial charge in [0.25, 0.3) is 5.91 Å². The van der Waals surface area contributed by atoms with Crippen LogP contribution in [0.1, 0.15) is 11.3 Å². The Morgan fingerprint density at radius 2 is 1.91 bits per heavy atom. The molecule has 32 heavy (non-hydrogen) atoms. The first-order valence-electron chi connectivity index (χ1n) is 9.93. The third-order valence-corrected chi connectivity index (χ3v) is 5.37. The summed E-state index contributed by atoms with van der Waals surface area (Å²) in [5.74, 6) is 1.34. The SMILES string of the molecule is Cc1ccc(-n2c(SCC(=O)NN=CC=Cc3ccco3)nnc2-c2ccccc2)cc1. The van der Waals surface area contributed by atoms with Crippen molar-refractivity contribution in [3.63, 3.8) is 0 Å². The Morgan fingerprint density at radius 3 is 2.66 bits per heavy atom. The first-order valence-corrected chi connectivity index (χ1v) is 10.9. The number of carbonyl (C=O) groups is 1. The second-order valence-electron chi connectivity index (χ2n) is 6.82. The second-order valence-corrected chi connectivity index (χ2v) is 7.76. The fraction of sp³-hybridized carbons (Fsp3) is 0.0833. The van der Waals surface area contributed by atoms with Crippen molar-refractivity contribution < 1.29 is 9.21 Å². The minimum absolute atomic E-state index is 0.151. The maximum Gasteiger partial charge on any atom is 0.250 e. The molecule has 0 aliphatic carbocycles. The first-order chi connectivity index (χ1) is 15.7. The van der Waals surface area contributed by atoms with Gasteiger partial charge in [0.05, 0.1) is 12.0 Å². The molecule has 0 aliphatic heterocycles. The number of aromatic nitrogens is 3. The highest BCUT2D eigenvalue weighted by atomic mass is 32.2. The Labute approximate surface area is 189 Å².